The first-order valence-corrected chi connectivity index (χ1v) is 6.52. The fourth-order valence-corrected chi connectivity index (χ4v) is 1.87. The summed E-state index contributed by atoms with van der Waals surface area (Å²) in [5.74, 6) is -1.52. The summed E-state index contributed by atoms with van der Waals surface area (Å²) in [6.45, 7) is 4.15. The fourth-order valence-electron chi connectivity index (χ4n) is 1.70. The largest absolute Gasteiger partial charge is 0.368 e. The van der Waals surface area contributed by atoms with Gasteiger partial charge in [0, 0.05) is 23.3 Å². The predicted octanol–water partition coefficient (Wildman–Crippen LogP) is 4.50. The normalized spacial score (nSPS) is 10.4. The van der Waals surface area contributed by atoms with E-state index in [0.717, 1.165) is 11.6 Å². The van der Waals surface area contributed by atoms with Crippen LogP contribution in [0.2, 0.25) is 5.02 Å². The Kier molecular flexibility index (Phi) is 4.39. The Balaban J connectivity index is 2.37. The van der Waals surface area contributed by atoms with Gasteiger partial charge in [0.1, 0.15) is 0 Å². The highest BCUT2D eigenvalue weighted by molar-refractivity contribution is 6.30. The number of anilines is 3. The molecule has 1 aromatic heterocycles. The molecule has 0 atom stereocenters. The van der Waals surface area contributed by atoms with Gasteiger partial charge in [-0.15, -0.1) is 0 Å². The van der Waals surface area contributed by atoms with E-state index in [1.165, 1.54) is 0 Å². The first-order valence-electron chi connectivity index (χ1n) is 6.14. The molecule has 106 valence electrons. The Labute approximate surface area is 121 Å². The average Bonchev–Trinajstić information content (AvgIpc) is 2.39. The Morgan fingerprint density at radius 3 is 2.55 bits per heavy atom. The quantitative estimate of drug-likeness (QED) is 0.872. The summed E-state index contributed by atoms with van der Waals surface area (Å²) < 4.78 is 27.2. The molecule has 0 aliphatic rings. The van der Waals surface area contributed by atoms with Crippen LogP contribution >= 0.6 is 11.6 Å². The van der Waals surface area contributed by atoms with Crippen molar-refractivity contribution < 1.29 is 8.78 Å². The third-order valence-corrected chi connectivity index (χ3v) is 2.96. The smallest absolute Gasteiger partial charge is 0.169 e. The third-order valence-electron chi connectivity index (χ3n) is 2.73. The molecule has 2 N–H and O–H groups in total. The number of aryl methyl sites for hydroxylation is 1. The lowest BCUT2D eigenvalue weighted by Crippen LogP contribution is -2.06. The summed E-state index contributed by atoms with van der Waals surface area (Å²) in [5, 5.41) is 6.09. The molecule has 1 aromatic carbocycles. The molecule has 0 aliphatic heterocycles. The van der Waals surface area contributed by atoms with E-state index in [1.807, 2.05) is 6.92 Å². The van der Waals surface area contributed by atoms with Crippen molar-refractivity contribution >= 4 is 28.9 Å². The lowest BCUT2D eigenvalue weighted by Gasteiger charge is -2.12. The van der Waals surface area contributed by atoms with Crippen molar-refractivity contribution in [1.29, 1.82) is 0 Å². The molecule has 1 heterocycles. The van der Waals surface area contributed by atoms with Gasteiger partial charge in [-0.1, -0.05) is 17.7 Å². The van der Waals surface area contributed by atoms with E-state index in [-0.39, 0.29) is 11.6 Å². The van der Waals surface area contributed by atoms with Gasteiger partial charge in [0.2, 0.25) is 0 Å². The highest BCUT2D eigenvalue weighted by atomic mass is 35.5. The van der Waals surface area contributed by atoms with Gasteiger partial charge in [-0.3, -0.25) is 0 Å². The number of nitrogens with zero attached hydrogens (tertiary/aromatic N) is 1. The fraction of sp³-hybridized carbons (Fsp3) is 0.214. The van der Waals surface area contributed by atoms with Crippen LogP contribution in [0.25, 0.3) is 0 Å². The van der Waals surface area contributed by atoms with Crippen molar-refractivity contribution in [2.24, 2.45) is 0 Å². The van der Waals surface area contributed by atoms with Crippen LogP contribution in [0.1, 0.15) is 12.5 Å². The number of benzene rings is 1. The molecule has 0 unspecified atom stereocenters. The molecule has 0 amide bonds. The van der Waals surface area contributed by atoms with Crippen molar-refractivity contribution in [3.8, 4) is 0 Å². The number of nitrogens with one attached hydrogen (secondary N) is 2. The van der Waals surface area contributed by atoms with Gasteiger partial charge in [-0.25, -0.2) is 13.8 Å². The number of aromatic nitrogens is 1. The minimum atomic E-state index is -0.761. The number of pyridine rings is 1. The summed E-state index contributed by atoms with van der Waals surface area (Å²) in [4.78, 5) is 3.91. The van der Waals surface area contributed by atoms with Crippen LogP contribution in [-0.2, 0) is 0 Å². The maximum absolute atomic E-state index is 13.8. The summed E-state index contributed by atoms with van der Waals surface area (Å²) >= 11 is 5.90. The standard InChI is InChI=1S/C14H14ClF2N3/c1-3-18-13-10(16)7-11(17)14(20-13)19-12-6-9(15)5-4-8(12)2/h4-7H,3H2,1-2H3,(H2,18,19,20). The second kappa shape index (κ2) is 6.05. The van der Waals surface area contributed by atoms with Gasteiger partial charge in [0.15, 0.2) is 23.3 Å². The van der Waals surface area contributed by atoms with Crippen LogP contribution in [0.4, 0.5) is 26.1 Å². The molecule has 0 bridgehead atoms. The van der Waals surface area contributed by atoms with Crippen molar-refractivity contribution in [2.75, 3.05) is 17.2 Å². The molecule has 0 spiro atoms. The van der Waals surface area contributed by atoms with Crippen LogP contribution in [-0.4, -0.2) is 11.5 Å². The maximum atomic E-state index is 13.8. The Morgan fingerprint density at radius 1 is 1.15 bits per heavy atom. The molecular weight excluding hydrogens is 284 g/mol. The molecule has 2 aromatic rings. The molecule has 20 heavy (non-hydrogen) atoms. The monoisotopic (exact) mass is 297 g/mol. The van der Waals surface area contributed by atoms with Crippen molar-refractivity contribution in [1.82, 2.24) is 4.98 Å². The first-order chi connectivity index (χ1) is 9.51. The highest BCUT2D eigenvalue weighted by Gasteiger charge is 2.12. The van der Waals surface area contributed by atoms with E-state index < -0.39 is 11.6 Å². The van der Waals surface area contributed by atoms with E-state index in [2.05, 4.69) is 15.6 Å². The maximum Gasteiger partial charge on any atom is 0.169 e. The minimum absolute atomic E-state index is 0.0103. The van der Waals surface area contributed by atoms with E-state index in [1.54, 1.807) is 25.1 Å². The van der Waals surface area contributed by atoms with Crippen molar-refractivity contribution in [2.45, 2.75) is 13.8 Å². The van der Waals surface area contributed by atoms with Crippen LogP contribution < -0.4 is 10.6 Å². The molecular formula is C14H14ClF2N3. The van der Waals surface area contributed by atoms with Crippen LogP contribution in [0.3, 0.4) is 0 Å². The lowest BCUT2D eigenvalue weighted by molar-refractivity contribution is 0.579. The molecule has 2 rings (SSSR count). The molecule has 0 fully saturated rings. The van der Waals surface area contributed by atoms with Crippen LogP contribution in [0, 0.1) is 18.6 Å². The average molecular weight is 298 g/mol. The molecule has 0 saturated carbocycles. The van der Waals surface area contributed by atoms with Gasteiger partial charge >= 0.3 is 0 Å². The summed E-state index contributed by atoms with van der Waals surface area (Å²) in [6, 6.07) is 6.00. The van der Waals surface area contributed by atoms with Crippen molar-refractivity contribution in [3.63, 3.8) is 0 Å². The van der Waals surface area contributed by atoms with E-state index >= 15 is 0 Å². The van der Waals surface area contributed by atoms with Crippen LogP contribution in [0.5, 0.6) is 0 Å². The Morgan fingerprint density at radius 2 is 1.85 bits per heavy atom. The van der Waals surface area contributed by atoms with Gasteiger partial charge in [-0.05, 0) is 31.5 Å². The number of halogens is 3. The van der Waals surface area contributed by atoms with E-state index in [9.17, 15) is 8.78 Å². The summed E-state index contributed by atoms with van der Waals surface area (Å²) in [7, 11) is 0. The SMILES string of the molecule is CCNc1nc(Nc2cc(Cl)ccc2C)c(F)cc1F. The highest BCUT2D eigenvalue weighted by Crippen LogP contribution is 2.26. The molecule has 6 heteroatoms. The predicted molar refractivity (Wildman–Crippen MR) is 77.8 cm³/mol. The zero-order valence-corrected chi connectivity index (χ0v) is 11.9. The molecule has 0 saturated heterocycles. The third kappa shape index (κ3) is 3.17. The van der Waals surface area contributed by atoms with Gasteiger partial charge in [0.05, 0.1) is 0 Å². The van der Waals surface area contributed by atoms with E-state index in [0.29, 0.717) is 17.3 Å². The van der Waals surface area contributed by atoms with Gasteiger partial charge < -0.3 is 10.6 Å². The number of hydrogen-bond donors (Lipinski definition) is 2. The zero-order chi connectivity index (χ0) is 14.7. The first kappa shape index (κ1) is 14.5. The van der Waals surface area contributed by atoms with E-state index in [4.69, 9.17) is 11.6 Å². The zero-order valence-electron chi connectivity index (χ0n) is 11.1. The summed E-state index contributed by atoms with van der Waals surface area (Å²) in [5.41, 5.74) is 1.50. The lowest BCUT2D eigenvalue weighted by atomic mass is 10.2. The Hall–Kier alpha value is -1.88. The molecule has 0 radical (unpaired) electrons. The van der Waals surface area contributed by atoms with Crippen molar-refractivity contribution in [3.05, 3.63) is 46.5 Å². The molecule has 0 aliphatic carbocycles. The van der Waals surface area contributed by atoms with Crippen LogP contribution in [0.15, 0.2) is 24.3 Å². The Bertz CT molecular complexity index is 632. The number of hydrogen-bond acceptors (Lipinski definition) is 3. The second-order valence-corrected chi connectivity index (χ2v) is 4.70. The minimum Gasteiger partial charge on any atom is -0.368 e. The van der Waals surface area contributed by atoms with Gasteiger partial charge in [-0.2, -0.15) is 0 Å². The topological polar surface area (TPSA) is 37.0 Å². The molecule has 3 nitrogen and oxygen atoms in total. The second-order valence-electron chi connectivity index (χ2n) is 4.26. The summed E-state index contributed by atoms with van der Waals surface area (Å²) in [6.07, 6.45) is 0. The van der Waals surface area contributed by atoms with Gasteiger partial charge in [0.25, 0.3) is 0 Å². The number of rotatable bonds is 4.